The molecule has 0 aliphatic rings. The molecule has 0 saturated heterocycles. The van der Waals surface area contributed by atoms with Crippen molar-refractivity contribution in [1.82, 2.24) is 0 Å². The van der Waals surface area contributed by atoms with Crippen LogP contribution in [0.5, 0.6) is 0 Å². The normalized spacial score (nSPS) is 13.9. The lowest BCUT2D eigenvalue weighted by Crippen LogP contribution is -2.06. The molecule has 1 unspecified atom stereocenters. The van der Waals surface area contributed by atoms with Gasteiger partial charge in [0.1, 0.15) is 0 Å². The second-order valence-electron chi connectivity index (χ2n) is 3.47. The standard InChI is InChI=1S/C10H15NO2S2/c1-7(11)8-4-5-10(15(3,12)13)9(6-8)14-2/h4-7H,11H2,1-3H3. The van der Waals surface area contributed by atoms with E-state index in [1.165, 1.54) is 18.0 Å². The van der Waals surface area contributed by atoms with Gasteiger partial charge < -0.3 is 5.73 Å². The molecule has 0 amide bonds. The molecule has 15 heavy (non-hydrogen) atoms. The largest absolute Gasteiger partial charge is 0.324 e. The van der Waals surface area contributed by atoms with E-state index in [1.807, 2.05) is 19.2 Å². The second kappa shape index (κ2) is 4.55. The van der Waals surface area contributed by atoms with Crippen molar-refractivity contribution in [2.45, 2.75) is 22.8 Å². The number of hydrogen-bond donors (Lipinski definition) is 1. The lowest BCUT2D eigenvalue weighted by molar-refractivity contribution is 0.599. The van der Waals surface area contributed by atoms with Gasteiger partial charge >= 0.3 is 0 Å². The molecule has 0 saturated carbocycles. The molecule has 0 heterocycles. The first-order chi connectivity index (χ1) is 6.86. The van der Waals surface area contributed by atoms with Crippen LogP contribution in [0.2, 0.25) is 0 Å². The van der Waals surface area contributed by atoms with E-state index in [1.54, 1.807) is 12.1 Å². The third kappa shape index (κ3) is 2.96. The Morgan fingerprint density at radius 2 is 2.00 bits per heavy atom. The summed E-state index contributed by atoms with van der Waals surface area (Å²) in [5.41, 5.74) is 6.69. The fourth-order valence-electron chi connectivity index (χ4n) is 1.27. The second-order valence-corrected chi connectivity index (χ2v) is 6.30. The van der Waals surface area contributed by atoms with Gasteiger partial charge in [-0.1, -0.05) is 6.07 Å². The summed E-state index contributed by atoms with van der Waals surface area (Å²) in [5, 5.41) is 0. The lowest BCUT2D eigenvalue weighted by Gasteiger charge is -2.10. The molecule has 1 aromatic rings. The first-order valence-electron chi connectivity index (χ1n) is 4.50. The van der Waals surface area contributed by atoms with Crippen LogP contribution in [0, 0.1) is 0 Å². The summed E-state index contributed by atoms with van der Waals surface area (Å²) in [7, 11) is -3.15. The van der Waals surface area contributed by atoms with Gasteiger partial charge in [0, 0.05) is 17.2 Å². The van der Waals surface area contributed by atoms with Gasteiger partial charge in [-0.05, 0) is 30.9 Å². The van der Waals surface area contributed by atoms with Crippen LogP contribution in [0.15, 0.2) is 28.0 Å². The molecule has 1 aromatic carbocycles. The maximum Gasteiger partial charge on any atom is 0.176 e. The van der Waals surface area contributed by atoms with Crippen molar-refractivity contribution >= 4 is 21.6 Å². The summed E-state index contributed by atoms with van der Waals surface area (Å²) >= 11 is 1.42. The first-order valence-corrected chi connectivity index (χ1v) is 7.61. The van der Waals surface area contributed by atoms with Crippen molar-refractivity contribution in [3.05, 3.63) is 23.8 Å². The van der Waals surface area contributed by atoms with Gasteiger partial charge in [0.05, 0.1) is 4.90 Å². The van der Waals surface area contributed by atoms with E-state index in [0.717, 1.165) is 10.5 Å². The number of hydrogen-bond acceptors (Lipinski definition) is 4. The number of nitrogens with two attached hydrogens (primary N) is 1. The monoisotopic (exact) mass is 245 g/mol. The predicted octanol–water partition coefficient (Wildman–Crippen LogP) is 1.83. The Morgan fingerprint density at radius 1 is 1.40 bits per heavy atom. The van der Waals surface area contributed by atoms with Crippen LogP contribution in [0.1, 0.15) is 18.5 Å². The van der Waals surface area contributed by atoms with Crippen LogP contribution in [-0.2, 0) is 9.84 Å². The van der Waals surface area contributed by atoms with Gasteiger partial charge in [-0.25, -0.2) is 8.42 Å². The highest BCUT2D eigenvalue weighted by atomic mass is 32.2. The molecule has 5 heteroatoms. The van der Waals surface area contributed by atoms with E-state index in [9.17, 15) is 8.42 Å². The Hall–Kier alpha value is -0.520. The predicted molar refractivity (Wildman–Crippen MR) is 63.9 cm³/mol. The molecule has 0 radical (unpaired) electrons. The smallest absolute Gasteiger partial charge is 0.176 e. The van der Waals surface area contributed by atoms with Crippen LogP contribution in [0.3, 0.4) is 0 Å². The van der Waals surface area contributed by atoms with E-state index in [2.05, 4.69) is 0 Å². The molecule has 1 rings (SSSR count). The van der Waals surface area contributed by atoms with Gasteiger partial charge in [-0.15, -0.1) is 11.8 Å². The Labute approximate surface area is 95.0 Å². The number of benzene rings is 1. The highest BCUT2D eigenvalue weighted by Crippen LogP contribution is 2.27. The maximum absolute atomic E-state index is 11.4. The van der Waals surface area contributed by atoms with E-state index in [0.29, 0.717) is 4.90 Å². The molecule has 0 aliphatic carbocycles. The Bertz CT molecular complexity index is 452. The molecular formula is C10H15NO2S2. The summed E-state index contributed by atoms with van der Waals surface area (Å²) in [6.45, 7) is 1.87. The van der Waals surface area contributed by atoms with Crippen molar-refractivity contribution in [2.75, 3.05) is 12.5 Å². The van der Waals surface area contributed by atoms with Gasteiger partial charge in [0.15, 0.2) is 9.84 Å². The number of thioether (sulfide) groups is 1. The van der Waals surface area contributed by atoms with E-state index in [-0.39, 0.29) is 6.04 Å². The maximum atomic E-state index is 11.4. The van der Waals surface area contributed by atoms with Crippen LogP contribution in [0.4, 0.5) is 0 Å². The average molecular weight is 245 g/mol. The van der Waals surface area contributed by atoms with Gasteiger partial charge in [-0.3, -0.25) is 0 Å². The quantitative estimate of drug-likeness (QED) is 0.825. The van der Waals surface area contributed by atoms with Crippen molar-refractivity contribution in [1.29, 1.82) is 0 Å². The van der Waals surface area contributed by atoms with Crippen molar-refractivity contribution in [2.24, 2.45) is 5.73 Å². The highest BCUT2D eigenvalue weighted by molar-refractivity contribution is 7.99. The SMILES string of the molecule is CSc1cc(C(C)N)ccc1S(C)(=O)=O. The summed E-state index contributed by atoms with van der Waals surface area (Å²) in [6, 6.07) is 5.15. The van der Waals surface area contributed by atoms with Gasteiger partial charge in [-0.2, -0.15) is 0 Å². The van der Waals surface area contributed by atoms with Crippen LogP contribution in [0.25, 0.3) is 0 Å². The molecule has 0 spiro atoms. The Morgan fingerprint density at radius 3 is 2.40 bits per heavy atom. The molecule has 1 atom stereocenters. The summed E-state index contributed by atoms with van der Waals surface area (Å²) in [5.74, 6) is 0. The zero-order valence-electron chi connectivity index (χ0n) is 9.02. The fraction of sp³-hybridized carbons (Fsp3) is 0.400. The van der Waals surface area contributed by atoms with Crippen molar-refractivity contribution in [3.63, 3.8) is 0 Å². The van der Waals surface area contributed by atoms with Crippen LogP contribution >= 0.6 is 11.8 Å². The molecule has 0 bridgehead atoms. The topological polar surface area (TPSA) is 60.2 Å². The molecular weight excluding hydrogens is 230 g/mol. The zero-order valence-corrected chi connectivity index (χ0v) is 10.7. The van der Waals surface area contributed by atoms with E-state index >= 15 is 0 Å². The third-order valence-corrected chi connectivity index (χ3v) is 4.17. The Kier molecular flexibility index (Phi) is 3.81. The zero-order chi connectivity index (χ0) is 11.6. The highest BCUT2D eigenvalue weighted by Gasteiger charge is 2.13. The lowest BCUT2D eigenvalue weighted by atomic mass is 10.1. The molecule has 2 N–H and O–H groups in total. The van der Waals surface area contributed by atoms with Gasteiger partial charge in [0.25, 0.3) is 0 Å². The third-order valence-electron chi connectivity index (χ3n) is 2.11. The van der Waals surface area contributed by atoms with Crippen molar-refractivity contribution in [3.8, 4) is 0 Å². The number of sulfone groups is 1. The number of rotatable bonds is 3. The molecule has 0 aromatic heterocycles. The average Bonchev–Trinajstić information content (AvgIpc) is 2.15. The van der Waals surface area contributed by atoms with Gasteiger partial charge in [0.2, 0.25) is 0 Å². The Balaban J connectivity index is 3.34. The molecule has 3 nitrogen and oxygen atoms in total. The molecule has 84 valence electrons. The minimum atomic E-state index is -3.15. The van der Waals surface area contributed by atoms with E-state index < -0.39 is 9.84 Å². The minimum absolute atomic E-state index is 0.0792. The molecule has 0 fully saturated rings. The minimum Gasteiger partial charge on any atom is -0.324 e. The summed E-state index contributed by atoms with van der Waals surface area (Å²) in [6.07, 6.45) is 3.07. The van der Waals surface area contributed by atoms with Crippen LogP contribution < -0.4 is 5.73 Å². The summed E-state index contributed by atoms with van der Waals surface area (Å²) < 4.78 is 22.9. The van der Waals surface area contributed by atoms with E-state index in [4.69, 9.17) is 5.73 Å². The fourth-order valence-corrected chi connectivity index (χ4v) is 3.24. The molecule has 0 aliphatic heterocycles. The first kappa shape index (κ1) is 12.5. The summed E-state index contributed by atoms with van der Waals surface area (Å²) in [4.78, 5) is 1.13. The van der Waals surface area contributed by atoms with Crippen LogP contribution in [-0.4, -0.2) is 20.9 Å². The van der Waals surface area contributed by atoms with Crippen molar-refractivity contribution < 1.29 is 8.42 Å².